The Hall–Kier alpha value is -2.70. The molecule has 30 heavy (non-hydrogen) atoms. The Morgan fingerprint density at radius 3 is 2.47 bits per heavy atom. The zero-order valence-corrected chi connectivity index (χ0v) is 17.9. The fourth-order valence-electron chi connectivity index (χ4n) is 3.27. The Bertz CT molecular complexity index is 815. The molecule has 6 nitrogen and oxygen atoms in total. The van der Waals surface area contributed by atoms with Gasteiger partial charge in [0, 0.05) is 30.9 Å². The van der Waals surface area contributed by atoms with Gasteiger partial charge in [0.15, 0.2) is 0 Å². The molecule has 0 aliphatic carbocycles. The van der Waals surface area contributed by atoms with E-state index in [9.17, 15) is 4.79 Å². The maximum atomic E-state index is 12.6. The molecule has 0 saturated carbocycles. The van der Waals surface area contributed by atoms with Crippen LogP contribution in [0.15, 0.2) is 59.6 Å². The van der Waals surface area contributed by atoms with Crippen LogP contribution in [0.4, 0.5) is 5.69 Å². The molecule has 0 unspecified atom stereocenters. The fourth-order valence-corrected chi connectivity index (χ4v) is 3.27. The van der Waals surface area contributed by atoms with Gasteiger partial charge in [0.25, 0.3) is 5.91 Å². The van der Waals surface area contributed by atoms with Gasteiger partial charge >= 0.3 is 0 Å². The number of rotatable bonds is 7. The van der Waals surface area contributed by atoms with E-state index in [0.29, 0.717) is 24.0 Å². The molecule has 1 aliphatic heterocycles. The summed E-state index contributed by atoms with van der Waals surface area (Å²) in [5, 5.41) is 6.20. The first kappa shape index (κ1) is 22.0. The third-order valence-electron chi connectivity index (χ3n) is 5.41. The summed E-state index contributed by atoms with van der Waals surface area (Å²) in [6.45, 7) is 9.23. The summed E-state index contributed by atoms with van der Waals surface area (Å²) in [5.41, 5.74) is 2.81. The second kappa shape index (κ2) is 11.5. The first-order valence-corrected chi connectivity index (χ1v) is 10.7. The number of nitrogens with one attached hydrogen (secondary N) is 2. The molecule has 0 spiro atoms. The van der Waals surface area contributed by atoms with Gasteiger partial charge in [-0.15, -0.1) is 0 Å². The van der Waals surface area contributed by atoms with E-state index in [-0.39, 0.29) is 5.91 Å². The van der Waals surface area contributed by atoms with Crippen LogP contribution in [0.2, 0.25) is 0 Å². The van der Waals surface area contributed by atoms with Crippen molar-refractivity contribution in [2.75, 3.05) is 44.7 Å². The van der Waals surface area contributed by atoms with Crippen LogP contribution in [0.1, 0.15) is 42.1 Å². The summed E-state index contributed by atoms with van der Waals surface area (Å²) >= 11 is 0. The highest BCUT2D eigenvalue weighted by atomic mass is 16.5. The summed E-state index contributed by atoms with van der Waals surface area (Å²) in [7, 11) is 0. The monoisotopic (exact) mass is 408 g/mol. The standard InChI is InChI=1S/C24H32N4O2/c1-3-19(2)20-9-11-22(12-10-20)26-24(25-13-14-28-15-17-30-18-16-28)27-23(29)21-7-5-4-6-8-21/h4-12,19H,3,13-18H2,1-2H3,(H2,25,26,27,29)/t19-/m0/s1. The van der Waals surface area contributed by atoms with Crippen molar-refractivity contribution in [2.45, 2.75) is 26.2 Å². The van der Waals surface area contributed by atoms with Gasteiger partial charge in [-0.1, -0.05) is 44.2 Å². The lowest BCUT2D eigenvalue weighted by Crippen LogP contribution is -2.39. The molecule has 6 heteroatoms. The Morgan fingerprint density at radius 1 is 1.10 bits per heavy atom. The molecule has 1 aliphatic rings. The quantitative estimate of drug-likeness (QED) is 0.541. The minimum absolute atomic E-state index is 0.176. The normalized spacial score (nSPS) is 16.1. The van der Waals surface area contributed by atoms with Crippen LogP contribution < -0.4 is 10.6 Å². The maximum absolute atomic E-state index is 12.6. The maximum Gasteiger partial charge on any atom is 0.257 e. The second-order valence-corrected chi connectivity index (χ2v) is 7.56. The molecule has 0 aromatic heterocycles. The number of ether oxygens (including phenoxy) is 1. The first-order valence-electron chi connectivity index (χ1n) is 10.7. The predicted octanol–water partition coefficient (Wildman–Crippen LogP) is 3.73. The molecule has 1 amide bonds. The van der Waals surface area contributed by atoms with E-state index in [2.05, 4.69) is 46.5 Å². The summed E-state index contributed by atoms with van der Waals surface area (Å²) in [6, 6.07) is 17.5. The summed E-state index contributed by atoms with van der Waals surface area (Å²) in [6.07, 6.45) is 1.11. The minimum Gasteiger partial charge on any atom is -0.379 e. The average molecular weight is 409 g/mol. The number of morpholine rings is 1. The van der Waals surface area contributed by atoms with Crippen molar-refractivity contribution in [3.05, 3.63) is 65.7 Å². The van der Waals surface area contributed by atoms with E-state index >= 15 is 0 Å². The van der Waals surface area contributed by atoms with Crippen molar-refractivity contribution < 1.29 is 9.53 Å². The molecular weight excluding hydrogens is 376 g/mol. The summed E-state index contributed by atoms with van der Waals surface area (Å²) < 4.78 is 5.40. The van der Waals surface area contributed by atoms with E-state index in [1.807, 2.05) is 30.3 Å². The van der Waals surface area contributed by atoms with Gasteiger partial charge in [-0.3, -0.25) is 20.0 Å². The number of carbonyl (C=O) groups is 1. The van der Waals surface area contributed by atoms with Crippen LogP contribution in [0.3, 0.4) is 0 Å². The van der Waals surface area contributed by atoms with Crippen molar-refractivity contribution in [1.29, 1.82) is 0 Å². The van der Waals surface area contributed by atoms with Gasteiger partial charge in [0.05, 0.1) is 19.8 Å². The molecule has 1 saturated heterocycles. The van der Waals surface area contributed by atoms with Crippen molar-refractivity contribution in [1.82, 2.24) is 10.2 Å². The molecule has 2 aromatic rings. The smallest absolute Gasteiger partial charge is 0.257 e. The number of hydrogen-bond donors (Lipinski definition) is 2. The van der Waals surface area contributed by atoms with Crippen LogP contribution in [0.5, 0.6) is 0 Å². The van der Waals surface area contributed by atoms with Crippen LogP contribution in [0, 0.1) is 0 Å². The number of hydrogen-bond acceptors (Lipinski definition) is 4. The molecule has 1 heterocycles. The first-order chi connectivity index (χ1) is 14.7. The number of nitrogens with zero attached hydrogens (tertiary/aromatic N) is 2. The molecule has 160 valence electrons. The number of benzene rings is 2. The van der Waals surface area contributed by atoms with Crippen LogP contribution in [0.25, 0.3) is 0 Å². The lowest BCUT2D eigenvalue weighted by atomic mass is 9.99. The van der Waals surface area contributed by atoms with Crippen LogP contribution in [-0.4, -0.2) is 56.2 Å². The zero-order chi connectivity index (χ0) is 21.2. The van der Waals surface area contributed by atoms with Crippen LogP contribution in [-0.2, 0) is 4.74 Å². The minimum atomic E-state index is -0.176. The van der Waals surface area contributed by atoms with E-state index < -0.39 is 0 Å². The van der Waals surface area contributed by atoms with Crippen molar-refractivity contribution in [3.8, 4) is 0 Å². The Morgan fingerprint density at radius 2 is 1.80 bits per heavy atom. The number of guanidine groups is 1. The van der Waals surface area contributed by atoms with Crippen LogP contribution >= 0.6 is 0 Å². The second-order valence-electron chi connectivity index (χ2n) is 7.56. The predicted molar refractivity (Wildman–Crippen MR) is 122 cm³/mol. The highest BCUT2D eigenvalue weighted by Gasteiger charge is 2.12. The number of carbonyl (C=O) groups excluding carboxylic acids is 1. The molecule has 3 rings (SSSR count). The van der Waals surface area contributed by atoms with Gasteiger partial charge in [-0.05, 0) is 42.2 Å². The summed E-state index contributed by atoms with van der Waals surface area (Å²) in [5.74, 6) is 0.816. The molecule has 1 fully saturated rings. The third kappa shape index (κ3) is 6.68. The van der Waals surface area contributed by atoms with E-state index in [4.69, 9.17) is 4.74 Å². The molecule has 2 aromatic carbocycles. The lowest BCUT2D eigenvalue weighted by molar-refractivity contribution is 0.0394. The van der Waals surface area contributed by atoms with Gasteiger partial charge < -0.3 is 10.1 Å². The molecule has 0 bridgehead atoms. The van der Waals surface area contributed by atoms with Crippen molar-refractivity contribution >= 4 is 17.6 Å². The van der Waals surface area contributed by atoms with E-state index in [1.54, 1.807) is 12.1 Å². The zero-order valence-electron chi connectivity index (χ0n) is 17.9. The fraction of sp³-hybridized carbons (Fsp3) is 0.417. The average Bonchev–Trinajstić information content (AvgIpc) is 2.80. The topological polar surface area (TPSA) is 66.0 Å². The lowest BCUT2D eigenvalue weighted by Gasteiger charge is -2.25. The largest absolute Gasteiger partial charge is 0.379 e. The van der Waals surface area contributed by atoms with Gasteiger partial charge in [0.2, 0.25) is 5.96 Å². The van der Waals surface area contributed by atoms with Gasteiger partial charge in [-0.25, -0.2) is 0 Å². The molecule has 2 N–H and O–H groups in total. The van der Waals surface area contributed by atoms with Crippen molar-refractivity contribution in [3.63, 3.8) is 0 Å². The highest BCUT2D eigenvalue weighted by Crippen LogP contribution is 2.20. The Kier molecular flexibility index (Phi) is 8.41. The van der Waals surface area contributed by atoms with E-state index in [0.717, 1.165) is 45.0 Å². The van der Waals surface area contributed by atoms with Crippen molar-refractivity contribution in [2.24, 2.45) is 4.99 Å². The number of aliphatic imine (C=N–C) groups is 1. The number of anilines is 1. The Balaban J connectivity index is 1.67. The van der Waals surface area contributed by atoms with Gasteiger partial charge in [0.1, 0.15) is 0 Å². The molecule has 0 radical (unpaired) electrons. The highest BCUT2D eigenvalue weighted by molar-refractivity contribution is 6.09. The third-order valence-corrected chi connectivity index (χ3v) is 5.41. The summed E-state index contributed by atoms with van der Waals surface area (Å²) in [4.78, 5) is 19.6. The van der Waals surface area contributed by atoms with E-state index in [1.165, 1.54) is 5.56 Å². The molecular formula is C24H32N4O2. The SMILES string of the molecule is CC[C@H](C)c1ccc(NC(=NCCN2CCOCC2)NC(=O)c2ccccc2)cc1. The number of amides is 1. The Labute approximate surface area is 179 Å². The molecule has 1 atom stereocenters. The van der Waals surface area contributed by atoms with Gasteiger partial charge in [-0.2, -0.15) is 0 Å².